The highest BCUT2D eigenvalue weighted by Crippen LogP contribution is 2.21. The lowest BCUT2D eigenvalue weighted by atomic mass is 10.2. The van der Waals surface area contributed by atoms with Crippen LogP contribution in [-0.2, 0) is 0 Å². The number of nitrogens with one attached hydrogen (secondary N) is 1. The number of aromatic nitrogens is 1. The van der Waals surface area contributed by atoms with Gasteiger partial charge in [-0.15, -0.1) is 0 Å². The predicted molar refractivity (Wildman–Crippen MR) is 68.0 cm³/mol. The predicted octanol–water partition coefficient (Wildman–Crippen LogP) is 2.94. The fourth-order valence-electron chi connectivity index (χ4n) is 1.34. The zero-order valence-corrected chi connectivity index (χ0v) is 10.6. The lowest BCUT2D eigenvalue weighted by molar-refractivity contribution is 0.102. The van der Waals surface area contributed by atoms with E-state index in [2.05, 4.69) is 26.2 Å². The van der Waals surface area contributed by atoms with Crippen molar-refractivity contribution in [2.24, 2.45) is 0 Å². The number of pyridine rings is 1. The molecule has 0 aliphatic heterocycles. The van der Waals surface area contributed by atoms with Crippen LogP contribution in [0.5, 0.6) is 5.75 Å². The van der Waals surface area contributed by atoms with E-state index in [4.69, 9.17) is 0 Å². The molecule has 0 bridgehead atoms. The molecule has 0 spiro atoms. The van der Waals surface area contributed by atoms with Crippen LogP contribution in [0.4, 0.5) is 10.2 Å². The molecular weight excluding hydrogens is 303 g/mol. The monoisotopic (exact) mass is 310 g/mol. The van der Waals surface area contributed by atoms with E-state index in [0.717, 1.165) is 0 Å². The number of amides is 1. The van der Waals surface area contributed by atoms with Gasteiger partial charge in [-0.1, -0.05) is 15.9 Å². The third-order valence-corrected chi connectivity index (χ3v) is 2.68. The molecular formula is C12H8BrFN2O2. The highest BCUT2D eigenvalue weighted by atomic mass is 79.9. The van der Waals surface area contributed by atoms with Gasteiger partial charge in [0.25, 0.3) is 5.91 Å². The van der Waals surface area contributed by atoms with Crippen LogP contribution in [0.15, 0.2) is 41.0 Å². The number of benzene rings is 1. The van der Waals surface area contributed by atoms with E-state index in [1.165, 1.54) is 36.5 Å². The summed E-state index contributed by atoms with van der Waals surface area (Å²) in [5, 5.41) is 11.8. The maximum absolute atomic E-state index is 13.5. The fraction of sp³-hybridized carbons (Fsp3) is 0. The Kier molecular flexibility index (Phi) is 3.57. The Hall–Kier alpha value is -1.95. The smallest absolute Gasteiger partial charge is 0.259 e. The summed E-state index contributed by atoms with van der Waals surface area (Å²) in [5.41, 5.74) is -0.130. The number of hydrogen-bond acceptors (Lipinski definition) is 3. The number of anilines is 1. The Bertz CT molecular complexity index is 604. The number of rotatable bonds is 2. The average Bonchev–Trinajstić information content (AvgIpc) is 2.35. The average molecular weight is 311 g/mol. The summed E-state index contributed by atoms with van der Waals surface area (Å²) in [5.74, 6) is -1.52. The van der Waals surface area contributed by atoms with E-state index < -0.39 is 11.7 Å². The molecule has 4 nitrogen and oxygen atoms in total. The van der Waals surface area contributed by atoms with Gasteiger partial charge in [0.1, 0.15) is 5.82 Å². The molecule has 92 valence electrons. The molecule has 6 heteroatoms. The van der Waals surface area contributed by atoms with Gasteiger partial charge in [-0.25, -0.2) is 9.37 Å². The summed E-state index contributed by atoms with van der Waals surface area (Å²) >= 11 is 3.15. The van der Waals surface area contributed by atoms with Gasteiger partial charge in [-0.3, -0.25) is 4.79 Å². The molecule has 2 rings (SSSR count). The molecule has 18 heavy (non-hydrogen) atoms. The third-order valence-electron chi connectivity index (χ3n) is 2.19. The Morgan fingerprint density at radius 1 is 1.39 bits per heavy atom. The van der Waals surface area contributed by atoms with Crippen molar-refractivity contribution >= 4 is 27.7 Å². The van der Waals surface area contributed by atoms with Crippen molar-refractivity contribution < 1.29 is 14.3 Å². The zero-order chi connectivity index (χ0) is 13.1. The minimum absolute atomic E-state index is 0.0122. The molecule has 2 N–H and O–H groups in total. The number of aromatic hydroxyl groups is 1. The van der Waals surface area contributed by atoms with Crippen LogP contribution in [0.1, 0.15) is 10.4 Å². The highest BCUT2D eigenvalue weighted by molar-refractivity contribution is 9.10. The van der Waals surface area contributed by atoms with E-state index in [1.54, 1.807) is 0 Å². The van der Waals surface area contributed by atoms with Crippen molar-refractivity contribution in [1.82, 2.24) is 4.98 Å². The van der Waals surface area contributed by atoms with Gasteiger partial charge in [-0.05, 0) is 30.3 Å². The molecule has 1 aromatic carbocycles. The molecule has 1 amide bonds. The number of nitrogens with zero attached hydrogens (tertiary/aromatic N) is 1. The second kappa shape index (κ2) is 5.14. The van der Waals surface area contributed by atoms with E-state index in [0.29, 0.717) is 4.47 Å². The van der Waals surface area contributed by atoms with Gasteiger partial charge in [0.05, 0.1) is 5.56 Å². The second-order valence-electron chi connectivity index (χ2n) is 3.45. The summed E-state index contributed by atoms with van der Waals surface area (Å²) in [7, 11) is 0. The molecule has 1 aromatic heterocycles. The molecule has 0 fully saturated rings. The molecule has 0 unspecified atom stereocenters. The van der Waals surface area contributed by atoms with Crippen molar-refractivity contribution in [3.8, 4) is 5.75 Å². The first-order chi connectivity index (χ1) is 8.58. The van der Waals surface area contributed by atoms with Crippen LogP contribution in [0.25, 0.3) is 0 Å². The molecule has 2 aromatic rings. The van der Waals surface area contributed by atoms with Crippen LogP contribution in [0.3, 0.4) is 0 Å². The Morgan fingerprint density at radius 3 is 2.89 bits per heavy atom. The van der Waals surface area contributed by atoms with Crippen molar-refractivity contribution in [1.29, 1.82) is 0 Å². The number of carbonyl (C=O) groups excluding carboxylic acids is 1. The number of halogens is 2. The van der Waals surface area contributed by atoms with Crippen molar-refractivity contribution in [2.75, 3.05) is 5.32 Å². The molecule has 0 saturated carbocycles. The van der Waals surface area contributed by atoms with E-state index in [9.17, 15) is 14.3 Å². The van der Waals surface area contributed by atoms with Crippen LogP contribution in [0.2, 0.25) is 0 Å². The van der Waals surface area contributed by atoms with Crippen molar-refractivity contribution in [2.45, 2.75) is 0 Å². The normalized spacial score (nSPS) is 10.1. The topological polar surface area (TPSA) is 62.2 Å². The van der Waals surface area contributed by atoms with Crippen LogP contribution < -0.4 is 5.32 Å². The first kappa shape index (κ1) is 12.5. The molecule has 1 heterocycles. The first-order valence-corrected chi connectivity index (χ1v) is 5.77. The van der Waals surface area contributed by atoms with Crippen LogP contribution in [0, 0.1) is 5.82 Å². The molecule has 0 aliphatic carbocycles. The molecule has 0 saturated heterocycles. The lowest BCUT2D eigenvalue weighted by Crippen LogP contribution is -2.14. The van der Waals surface area contributed by atoms with Gasteiger partial charge in [0, 0.05) is 10.7 Å². The summed E-state index contributed by atoms with van der Waals surface area (Å²) in [6.45, 7) is 0. The van der Waals surface area contributed by atoms with E-state index >= 15 is 0 Å². The highest BCUT2D eigenvalue weighted by Gasteiger charge is 2.14. The quantitative estimate of drug-likeness (QED) is 0.896. The Morgan fingerprint density at radius 2 is 2.17 bits per heavy atom. The van der Waals surface area contributed by atoms with Crippen LogP contribution in [-0.4, -0.2) is 16.0 Å². The largest absolute Gasteiger partial charge is 0.504 e. The van der Waals surface area contributed by atoms with Gasteiger partial charge in [0.15, 0.2) is 11.6 Å². The van der Waals surface area contributed by atoms with Crippen molar-refractivity contribution in [3.05, 3.63) is 52.4 Å². The third kappa shape index (κ3) is 2.65. The fourth-order valence-corrected chi connectivity index (χ4v) is 1.70. The van der Waals surface area contributed by atoms with E-state index in [1.807, 2.05) is 0 Å². The summed E-state index contributed by atoms with van der Waals surface area (Å²) < 4.78 is 14.0. The standard InChI is InChI=1S/C12H8BrFN2O2/c13-7-3-4-9(14)8(6-7)12(18)16-11-10(17)2-1-5-15-11/h1-6,17H,(H,15,16,18). The molecule has 0 radical (unpaired) electrons. The molecule has 0 atom stereocenters. The van der Waals surface area contributed by atoms with Gasteiger partial charge < -0.3 is 10.4 Å². The van der Waals surface area contributed by atoms with Gasteiger partial charge in [-0.2, -0.15) is 0 Å². The SMILES string of the molecule is O=C(Nc1ncccc1O)c1cc(Br)ccc1F. The number of hydrogen-bond donors (Lipinski definition) is 2. The number of carbonyl (C=O) groups is 1. The Labute approximate surface area is 111 Å². The summed E-state index contributed by atoms with van der Waals surface area (Å²) in [6.07, 6.45) is 1.41. The first-order valence-electron chi connectivity index (χ1n) is 4.98. The Balaban J connectivity index is 2.28. The van der Waals surface area contributed by atoms with Gasteiger partial charge in [0.2, 0.25) is 0 Å². The zero-order valence-electron chi connectivity index (χ0n) is 9.02. The summed E-state index contributed by atoms with van der Waals surface area (Å²) in [4.78, 5) is 15.6. The maximum Gasteiger partial charge on any atom is 0.259 e. The maximum atomic E-state index is 13.5. The minimum atomic E-state index is -0.678. The van der Waals surface area contributed by atoms with Gasteiger partial charge >= 0.3 is 0 Å². The lowest BCUT2D eigenvalue weighted by Gasteiger charge is -2.06. The van der Waals surface area contributed by atoms with Crippen molar-refractivity contribution in [3.63, 3.8) is 0 Å². The molecule has 0 aliphatic rings. The van der Waals surface area contributed by atoms with E-state index in [-0.39, 0.29) is 17.1 Å². The second-order valence-corrected chi connectivity index (χ2v) is 4.37. The van der Waals surface area contributed by atoms with Crippen LogP contribution >= 0.6 is 15.9 Å². The summed E-state index contributed by atoms with van der Waals surface area (Å²) in [6, 6.07) is 6.91. The minimum Gasteiger partial charge on any atom is -0.504 e.